The fourth-order valence-electron chi connectivity index (χ4n) is 5.64. The fourth-order valence-corrected chi connectivity index (χ4v) is 5.64. The number of alkyl halides is 1. The zero-order valence-corrected chi connectivity index (χ0v) is 22.4. The first-order chi connectivity index (χ1) is 18.5. The van der Waals surface area contributed by atoms with Gasteiger partial charge in [-0.15, -0.1) is 0 Å². The molecule has 10 heteroatoms. The van der Waals surface area contributed by atoms with Crippen molar-refractivity contribution in [3.8, 4) is 5.82 Å². The number of likely N-dealkylation sites (tertiary alicyclic amines) is 1. The summed E-state index contributed by atoms with van der Waals surface area (Å²) in [6.45, 7) is 8.54. The van der Waals surface area contributed by atoms with Gasteiger partial charge in [-0.2, -0.15) is 5.10 Å². The van der Waals surface area contributed by atoms with Crippen molar-refractivity contribution in [3.63, 3.8) is 0 Å². The number of morpholine rings is 1. The Morgan fingerprint density at radius 1 is 1.21 bits per heavy atom. The fraction of sp³-hybridized carbons (Fsp3) is 0.536. The number of halogens is 1. The highest BCUT2D eigenvalue weighted by Crippen LogP contribution is 2.35. The number of aromatic nitrogens is 4. The van der Waals surface area contributed by atoms with Crippen LogP contribution in [0.1, 0.15) is 36.8 Å². The molecule has 2 aliphatic heterocycles. The highest BCUT2D eigenvalue weighted by Gasteiger charge is 2.31. The van der Waals surface area contributed by atoms with Gasteiger partial charge in [-0.25, -0.2) is 19.0 Å². The lowest BCUT2D eigenvalue weighted by molar-refractivity contribution is 0.0605. The van der Waals surface area contributed by atoms with Crippen molar-refractivity contribution in [3.05, 3.63) is 53.7 Å². The maximum absolute atomic E-state index is 15.4. The summed E-state index contributed by atoms with van der Waals surface area (Å²) >= 11 is 0. The van der Waals surface area contributed by atoms with Crippen LogP contribution in [0.3, 0.4) is 0 Å². The Morgan fingerprint density at radius 2 is 2.05 bits per heavy atom. The first-order valence-corrected chi connectivity index (χ1v) is 13.4. The summed E-state index contributed by atoms with van der Waals surface area (Å²) in [7, 11) is 1.68. The Labute approximate surface area is 222 Å². The topological polar surface area (TPSA) is 88.8 Å². The predicted octanol–water partition coefficient (Wildman–Crippen LogP) is 3.95. The van der Waals surface area contributed by atoms with E-state index in [1.807, 2.05) is 23.9 Å². The van der Waals surface area contributed by atoms with Crippen molar-refractivity contribution >= 4 is 16.7 Å². The van der Waals surface area contributed by atoms with Gasteiger partial charge in [0.1, 0.15) is 18.3 Å². The van der Waals surface area contributed by atoms with Crippen LogP contribution in [0, 0.1) is 6.92 Å². The van der Waals surface area contributed by atoms with E-state index in [1.165, 1.54) is 0 Å². The monoisotopic (exact) mass is 524 g/mol. The molecule has 4 heterocycles. The van der Waals surface area contributed by atoms with Crippen molar-refractivity contribution in [2.24, 2.45) is 0 Å². The molecule has 0 aliphatic carbocycles. The number of aliphatic hydroxyl groups excluding tert-OH is 1. The highest BCUT2D eigenvalue weighted by atomic mass is 19.1. The van der Waals surface area contributed by atoms with Gasteiger partial charge in [0.05, 0.1) is 37.3 Å². The van der Waals surface area contributed by atoms with Crippen LogP contribution in [0.2, 0.25) is 0 Å². The third-order valence-corrected chi connectivity index (χ3v) is 7.83. The maximum Gasteiger partial charge on any atom is 0.159 e. The minimum Gasteiger partial charge on any atom is -0.516 e. The van der Waals surface area contributed by atoms with E-state index in [0.29, 0.717) is 38.7 Å². The number of methoxy groups -OCH3 is 1. The lowest BCUT2D eigenvalue weighted by Crippen LogP contribution is -2.43. The highest BCUT2D eigenvalue weighted by molar-refractivity contribution is 5.82. The molecular weight excluding hydrogens is 487 g/mol. The number of piperidine rings is 1. The second kappa shape index (κ2) is 11.8. The SMILES string of the molecule is CC/C(=C\O)[C@@H]1CN(c2cc(-n3ncc4cc(C)c(C5CCN(CCOC)CC5F)cc43)ncn2)CCO1. The number of fused-ring (bicyclic) bond motifs is 1. The van der Waals surface area contributed by atoms with E-state index in [0.717, 1.165) is 65.6 Å². The van der Waals surface area contributed by atoms with E-state index in [2.05, 4.69) is 43.9 Å². The first kappa shape index (κ1) is 26.5. The van der Waals surface area contributed by atoms with Crippen LogP contribution >= 0.6 is 0 Å². The van der Waals surface area contributed by atoms with Crippen LogP contribution < -0.4 is 4.90 Å². The van der Waals surface area contributed by atoms with Crippen LogP contribution in [-0.4, -0.2) is 95.1 Å². The average Bonchev–Trinajstić information content (AvgIpc) is 3.35. The second-order valence-corrected chi connectivity index (χ2v) is 10.1. The summed E-state index contributed by atoms with van der Waals surface area (Å²) in [5.41, 5.74) is 3.88. The van der Waals surface area contributed by atoms with Crippen molar-refractivity contribution in [1.29, 1.82) is 0 Å². The Balaban J connectivity index is 1.41. The Hall–Kier alpha value is -3.08. The van der Waals surface area contributed by atoms with Gasteiger partial charge in [0.15, 0.2) is 5.82 Å². The Morgan fingerprint density at radius 3 is 2.82 bits per heavy atom. The molecule has 38 heavy (non-hydrogen) atoms. The summed E-state index contributed by atoms with van der Waals surface area (Å²) in [6.07, 6.45) is 4.91. The van der Waals surface area contributed by atoms with E-state index < -0.39 is 6.17 Å². The largest absolute Gasteiger partial charge is 0.516 e. The van der Waals surface area contributed by atoms with E-state index in [1.54, 1.807) is 13.4 Å². The first-order valence-electron chi connectivity index (χ1n) is 13.4. The Bertz CT molecular complexity index is 1280. The molecule has 2 aromatic heterocycles. The van der Waals surface area contributed by atoms with E-state index >= 15 is 4.39 Å². The molecule has 2 unspecified atom stereocenters. The van der Waals surface area contributed by atoms with Crippen molar-refractivity contribution in [2.45, 2.75) is 44.9 Å². The van der Waals surface area contributed by atoms with Gasteiger partial charge in [0.25, 0.3) is 0 Å². The minimum absolute atomic E-state index is 0.153. The normalized spacial score (nSPS) is 23.3. The quantitative estimate of drug-likeness (QED) is 0.443. The van der Waals surface area contributed by atoms with Crippen LogP contribution in [0.25, 0.3) is 16.7 Å². The van der Waals surface area contributed by atoms with Crippen molar-refractivity contribution in [1.82, 2.24) is 24.6 Å². The summed E-state index contributed by atoms with van der Waals surface area (Å²) in [5.74, 6) is 1.28. The van der Waals surface area contributed by atoms with Crippen LogP contribution in [-0.2, 0) is 9.47 Å². The molecule has 2 saturated heterocycles. The molecule has 0 spiro atoms. The molecule has 0 saturated carbocycles. The molecule has 5 rings (SSSR count). The summed E-state index contributed by atoms with van der Waals surface area (Å²) in [6, 6.07) is 6.11. The Kier molecular flexibility index (Phi) is 8.21. The number of nitrogens with zero attached hydrogens (tertiary/aromatic N) is 6. The number of benzene rings is 1. The smallest absolute Gasteiger partial charge is 0.159 e. The van der Waals surface area contributed by atoms with E-state index in [-0.39, 0.29) is 12.0 Å². The molecule has 2 aliphatic rings. The number of anilines is 1. The number of ether oxygens (including phenoxy) is 2. The number of rotatable bonds is 8. The standard InChI is InChI=1S/C28H37FN6O3/c1-4-20(17-36)26-16-34(8-10-38-26)27-13-28(31-18-30-27)35-25-12-23(19(2)11-21(25)14-32-35)22-5-6-33(7-9-37-3)15-24(22)29/h11-14,17-18,22,24,26,36H,4-10,15-16H2,1-3H3/b20-17+/t22?,24?,26-/m0/s1. The van der Waals surface area contributed by atoms with E-state index in [9.17, 15) is 5.11 Å². The molecule has 2 fully saturated rings. The summed E-state index contributed by atoms with van der Waals surface area (Å²) in [4.78, 5) is 13.3. The molecule has 3 atom stereocenters. The van der Waals surface area contributed by atoms with Gasteiger partial charge in [0.2, 0.25) is 0 Å². The molecule has 1 N–H and O–H groups in total. The van der Waals surface area contributed by atoms with Gasteiger partial charge in [-0.1, -0.05) is 6.92 Å². The average molecular weight is 525 g/mol. The second-order valence-electron chi connectivity index (χ2n) is 10.1. The lowest BCUT2D eigenvalue weighted by Gasteiger charge is -2.35. The third-order valence-electron chi connectivity index (χ3n) is 7.83. The number of aliphatic hydroxyl groups is 1. The van der Waals surface area contributed by atoms with Gasteiger partial charge >= 0.3 is 0 Å². The van der Waals surface area contributed by atoms with Gasteiger partial charge in [-0.05, 0) is 55.1 Å². The number of aryl methyl sites for hydroxylation is 1. The van der Waals surface area contributed by atoms with Crippen LogP contribution in [0.4, 0.5) is 10.2 Å². The van der Waals surface area contributed by atoms with Gasteiger partial charge < -0.3 is 19.5 Å². The third kappa shape index (κ3) is 5.39. The molecule has 0 bridgehead atoms. The summed E-state index contributed by atoms with van der Waals surface area (Å²) < 4.78 is 28.2. The zero-order chi connectivity index (χ0) is 26.6. The van der Waals surface area contributed by atoms with Crippen molar-refractivity contribution in [2.75, 3.05) is 57.9 Å². The lowest BCUT2D eigenvalue weighted by atomic mass is 9.85. The van der Waals surface area contributed by atoms with Gasteiger partial charge in [-0.3, -0.25) is 4.90 Å². The van der Waals surface area contributed by atoms with Crippen LogP contribution in [0.15, 0.2) is 42.6 Å². The molecule has 9 nitrogen and oxygen atoms in total. The predicted molar refractivity (Wildman–Crippen MR) is 145 cm³/mol. The number of hydrogen-bond acceptors (Lipinski definition) is 8. The van der Waals surface area contributed by atoms with Gasteiger partial charge in [0, 0.05) is 50.7 Å². The minimum atomic E-state index is -0.936. The van der Waals surface area contributed by atoms with Crippen molar-refractivity contribution < 1.29 is 19.0 Å². The van der Waals surface area contributed by atoms with Crippen LogP contribution in [0.5, 0.6) is 0 Å². The molecule has 0 radical (unpaired) electrons. The molecule has 0 amide bonds. The number of hydrogen-bond donors (Lipinski definition) is 1. The molecular formula is C28H37FN6O3. The zero-order valence-electron chi connectivity index (χ0n) is 22.4. The van der Waals surface area contributed by atoms with E-state index in [4.69, 9.17) is 9.47 Å². The molecule has 3 aromatic rings. The molecule has 1 aromatic carbocycles. The maximum atomic E-state index is 15.4. The summed E-state index contributed by atoms with van der Waals surface area (Å²) in [5, 5.41) is 15.2. The molecule has 204 valence electrons.